The van der Waals surface area contributed by atoms with Crippen molar-refractivity contribution in [3.63, 3.8) is 0 Å². The molecule has 0 amide bonds. The summed E-state index contributed by atoms with van der Waals surface area (Å²) in [6, 6.07) is 13.0. The van der Waals surface area contributed by atoms with Gasteiger partial charge in [-0.15, -0.1) is 0 Å². The Hall–Kier alpha value is -0.806. The molecule has 1 aromatic carbocycles. The van der Waals surface area contributed by atoms with Crippen LogP contribution in [0.25, 0.3) is 0 Å². The van der Waals surface area contributed by atoms with Crippen molar-refractivity contribution in [2.24, 2.45) is 0 Å². The lowest BCUT2D eigenvalue weighted by Crippen LogP contribution is -2.47. The zero-order chi connectivity index (χ0) is 15.2. The second-order valence-electron chi connectivity index (χ2n) is 6.02. The van der Waals surface area contributed by atoms with Crippen molar-refractivity contribution >= 4 is 29.2 Å². The standard InChI is InChI=1S/C17H31NSi2/c1-6-20(7-2,8-3)17-12-10-9-11-16(17)18-13-14(4)15(5)19/h9-12,18H,6-8,13H2,1-5,19H3. The molecule has 20 heavy (non-hydrogen) atoms. The zero-order valence-electron chi connectivity index (χ0n) is 14.1. The third-order valence-electron chi connectivity index (χ3n) is 4.93. The van der Waals surface area contributed by atoms with E-state index >= 15 is 0 Å². The molecule has 0 radical (unpaired) electrons. The predicted molar refractivity (Wildman–Crippen MR) is 100 cm³/mol. The quantitative estimate of drug-likeness (QED) is 0.761. The fourth-order valence-corrected chi connectivity index (χ4v) is 6.84. The van der Waals surface area contributed by atoms with Crippen LogP contribution in [0, 0.1) is 0 Å². The summed E-state index contributed by atoms with van der Waals surface area (Å²) in [5.41, 5.74) is 2.88. The molecule has 112 valence electrons. The van der Waals surface area contributed by atoms with E-state index < -0.39 is 8.07 Å². The Morgan fingerprint density at radius 1 is 1.05 bits per heavy atom. The van der Waals surface area contributed by atoms with Crippen LogP contribution < -0.4 is 10.5 Å². The fraction of sp³-hybridized carbons (Fsp3) is 0.529. The SMILES string of the molecule is CC[Si](CC)(CC)c1ccccc1NCC(C)=C(C)[SiH3]. The van der Waals surface area contributed by atoms with E-state index in [1.54, 1.807) is 10.4 Å². The van der Waals surface area contributed by atoms with Crippen LogP contribution in [0.15, 0.2) is 35.0 Å². The molecule has 1 rings (SSSR count). The number of hydrogen-bond acceptors (Lipinski definition) is 1. The first-order valence-electron chi connectivity index (χ1n) is 7.97. The molecular weight excluding hydrogens is 274 g/mol. The van der Waals surface area contributed by atoms with E-state index in [0.717, 1.165) is 6.54 Å². The molecule has 0 aliphatic carbocycles. The maximum atomic E-state index is 3.70. The van der Waals surface area contributed by atoms with Gasteiger partial charge in [-0.1, -0.05) is 67.9 Å². The summed E-state index contributed by atoms with van der Waals surface area (Å²) in [7, 11) is -0.138. The molecule has 0 fully saturated rings. The second-order valence-corrected chi connectivity index (χ2v) is 12.7. The largest absolute Gasteiger partial charge is 0.381 e. The third-order valence-corrected chi connectivity index (χ3v) is 11.4. The van der Waals surface area contributed by atoms with Crippen molar-refractivity contribution in [1.29, 1.82) is 0 Å². The molecular formula is C17H31NSi2. The topological polar surface area (TPSA) is 12.0 Å². The van der Waals surface area contributed by atoms with Gasteiger partial charge in [-0.2, -0.15) is 0 Å². The van der Waals surface area contributed by atoms with Gasteiger partial charge in [0.15, 0.2) is 0 Å². The first kappa shape index (κ1) is 17.2. The average molecular weight is 306 g/mol. The number of nitrogens with one attached hydrogen (secondary N) is 1. The molecule has 0 unspecified atom stereocenters. The number of anilines is 1. The molecule has 0 aliphatic heterocycles. The minimum Gasteiger partial charge on any atom is -0.381 e. The summed E-state index contributed by atoms with van der Waals surface area (Å²) in [5, 5.41) is 6.89. The van der Waals surface area contributed by atoms with Gasteiger partial charge in [0.05, 0.1) is 8.07 Å². The van der Waals surface area contributed by atoms with Crippen LogP contribution in [0.3, 0.4) is 0 Å². The van der Waals surface area contributed by atoms with E-state index in [0.29, 0.717) is 0 Å². The molecule has 0 spiro atoms. The Balaban J connectivity index is 3.08. The van der Waals surface area contributed by atoms with E-state index in [-0.39, 0.29) is 0 Å². The summed E-state index contributed by atoms with van der Waals surface area (Å²) in [6.07, 6.45) is 0. The van der Waals surface area contributed by atoms with E-state index in [2.05, 4.69) is 64.2 Å². The minimum absolute atomic E-state index is 0.994. The van der Waals surface area contributed by atoms with Gasteiger partial charge in [0.2, 0.25) is 0 Å². The van der Waals surface area contributed by atoms with Crippen LogP contribution in [0.1, 0.15) is 34.6 Å². The number of rotatable bonds is 7. The van der Waals surface area contributed by atoms with E-state index in [9.17, 15) is 0 Å². The first-order valence-corrected chi connectivity index (χ1v) is 11.6. The van der Waals surface area contributed by atoms with Gasteiger partial charge in [-0.25, -0.2) is 0 Å². The Morgan fingerprint density at radius 2 is 1.60 bits per heavy atom. The van der Waals surface area contributed by atoms with Crippen molar-refractivity contribution in [1.82, 2.24) is 0 Å². The summed E-state index contributed by atoms with van der Waals surface area (Å²) >= 11 is 0. The van der Waals surface area contributed by atoms with Crippen LogP contribution in [-0.4, -0.2) is 24.9 Å². The lowest BCUT2D eigenvalue weighted by Gasteiger charge is -2.31. The lowest BCUT2D eigenvalue weighted by atomic mass is 10.2. The second kappa shape index (κ2) is 7.84. The van der Waals surface area contributed by atoms with E-state index in [1.807, 2.05) is 0 Å². The Labute approximate surface area is 129 Å². The maximum Gasteiger partial charge on any atom is 0.0886 e. The van der Waals surface area contributed by atoms with Crippen molar-refractivity contribution in [2.45, 2.75) is 52.8 Å². The molecule has 0 aromatic heterocycles. The predicted octanol–water partition coefficient (Wildman–Crippen LogP) is 3.47. The monoisotopic (exact) mass is 305 g/mol. The summed E-state index contributed by atoms with van der Waals surface area (Å²) in [6.45, 7) is 12.6. The van der Waals surface area contributed by atoms with Gasteiger partial charge in [0.1, 0.15) is 0 Å². The number of para-hydroxylation sites is 1. The van der Waals surface area contributed by atoms with E-state index in [1.165, 1.54) is 39.6 Å². The Morgan fingerprint density at radius 3 is 2.10 bits per heavy atom. The molecule has 0 aliphatic rings. The van der Waals surface area contributed by atoms with Gasteiger partial charge in [0, 0.05) is 22.5 Å². The highest BCUT2D eigenvalue weighted by molar-refractivity contribution is 6.92. The van der Waals surface area contributed by atoms with Crippen molar-refractivity contribution in [3.05, 3.63) is 35.0 Å². The van der Waals surface area contributed by atoms with Crippen molar-refractivity contribution in [2.75, 3.05) is 11.9 Å². The Bertz CT molecular complexity index is 450. The number of allylic oxidation sites excluding steroid dienone is 1. The molecule has 1 N–H and O–H groups in total. The van der Waals surface area contributed by atoms with Crippen molar-refractivity contribution < 1.29 is 0 Å². The normalized spacial score (nSPS) is 13.2. The van der Waals surface area contributed by atoms with Gasteiger partial charge in [-0.3, -0.25) is 0 Å². The van der Waals surface area contributed by atoms with Crippen LogP contribution in [0.2, 0.25) is 18.1 Å². The molecule has 3 heteroatoms. The Kier molecular flexibility index (Phi) is 6.76. The van der Waals surface area contributed by atoms with Crippen molar-refractivity contribution in [3.8, 4) is 0 Å². The van der Waals surface area contributed by atoms with Crippen LogP contribution >= 0.6 is 0 Å². The summed E-state index contributed by atoms with van der Waals surface area (Å²) < 4.78 is 0. The number of hydrogen-bond donors (Lipinski definition) is 1. The van der Waals surface area contributed by atoms with Gasteiger partial charge < -0.3 is 5.32 Å². The smallest absolute Gasteiger partial charge is 0.0886 e. The first-order chi connectivity index (χ1) is 9.50. The molecule has 0 saturated carbocycles. The molecule has 1 aromatic rings. The summed E-state index contributed by atoms with van der Waals surface area (Å²) in [5.74, 6) is 0. The molecule has 0 heterocycles. The third kappa shape index (κ3) is 3.86. The van der Waals surface area contributed by atoms with Gasteiger partial charge in [-0.05, 0) is 25.1 Å². The zero-order valence-corrected chi connectivity index (χ0v) is 17.1. The highest BCUT2D eigenvalue weighted by atomic mass is 28.3. The lowest BCUT2D eigenvalue weighted by molar-refractivity contribution is 1.17. The van der Waals surface area contributed by atoms with Gasteiger partial charge in [0.25, 0.3) is 0 Å². The highest BCUT2D eigenvalue weighted by Gasteiger charge is 2.31. The van der Waals surface area contributed by atoms with E-state index in [4.69, 9.17) is 0 Å². The molecule has 0 atom stereocenters. The molecule has 0 saturated heterocycles. The fourth-order valence-electron chi connectivity index (χ4n) is 2.83. The van der Waals surface area contributed by atoms with Crippen LogP contribution in [0.5, 0.6) is 0 Å². The highest BCUT2D eigenvalue weighted by Crippen LogP contribution is 2.23. The van der Waals surface area contributed by atoms with Crippen LogP contribution in [0.4, 0.5) is 5.69 Å². The molecule has 0 bridgehead atoms. The van der Waals surface area contributed by atoms with Crippen LogP contribution in [-0.2, 0) is 0 Å². The summed E-state index contributed by atoms with van der Waals surface area (Å²) in [4.78, 5) is 0. The molecule has 1 nitrogen and oxygen atoms in total. The van der Waals surface area contributed by atoms with Gasteiger partial charge >= 0.3 is 0 Å². The average Bonchev–Trinajstić information content (AvgIpc) is 2.48. The number of benzene rings is 1. The maximum absolute atomic E-state index is 3.70. The minimum atomic E-state index is -1.31.